The van der Waals surface area contributed by atoms with Crippen LogP contribution in [-0.2, 0) is 57.7 Å². The summed E-state index contributed by atoms with van der Waals surface area (Å²) in [4.78, 5) is 119. The van der Waals surface area contributed by atoms with Crippen LogP contribution < -0.4 is 58.9 Å². The van der Waals surface area contributed by atoms with E-state index in [2.05, 4.69) is 150 Å². The zero-order chi connectivity index (χ0) is 99.9. The van der Waals surface area contributed by atoms with E-state index in [0.717, 1.165) is 160 Å². The number of sulfone groups is 1. The first-order valence-corrected chi connectivity index (χ1v) is 51.7. The van der Waals surface area contributed by atoms with Crippen molar-refractivity contribution < 1.29 is 61.1 Å². The van der Waals surface area contributed by atoms with Crippen LogP contribution in [0.25, 0.3) is 0 Å². The standard InChI is InChI=1S/C20H32N2O2.C18H37N3O2.C16H32N2O2.C14H28N2O2.C12H25NO.C12H26O2S.C11H23NO2/c1-14(2)19(23)18(22-15(3)4)8-6-7-13-21-20(24)17-11-9-16(5)10-12-17;1-6-7-10-15(19)18(23)20-12-9-8-11-16(21-14(4)5)17(22)13(2)3;1-6-9-15(19)17-11-8-7-10-14(18-13(4)5)16(20)12(2)3;1-6-7-8-9-15-14(18)12(16-11(4)5)13(17)10(2)3;1-6-7-8-11(13-10(4)5)12(14)9(2)3;1-6-7-8-12(9-10(2)3)15(13,14)11(4)5;1-8(2)11(13)10(6-7-14-5)12-9(3)4/h9-12,14-15,18,22H,6-8,13H2,1-5H3,(H,21,24);13-16,21H,6-12,19H2,1-5H3,(H,20,23);12-14,18H,6-11H2,1-5H3,(H,17,19);10-12,16H,6-9H2,1-5H3,(H,15,18);9-11,13H,6-8H2,1-5H3;10-12H,6-9H2,1-5H3;8-10,12H,6-7H2,1-5H3/t;;;;;12-;/m.....0./s1. The lowest BCUT2D eigenvalue weighted by Crippen LogP contribution is -2.52. The molecule has 7 unspecified atom stereocenters. The number of nitrogens with two attached hydrogens (primary N) is 1. The molecular weight excluding hydrogens is 1630 g/mol. The third-order valence-corrected chi connectivity index (χ3v) is 23.5. The van der Waals surface area contributed by atoms with E-state index in [-0.39, 0.29) is 135 Å². The van der Waals surface area contributed by atoms with Crippen LogP contribution >= 0.6 is 0 Å². The second kappa shape index (κ2) is 81.3. The zero-order valence-corrected chi connectivity index (χ0v) is 89.3. The molecule has 0 radical (unpaired) electrons. The molecule has 12 N–H and O–H groups in total. The maximum Gasteiger partial charge on any atom is 0.251 e. The Kier molecular flexibility index (Phi) is 84.8. The first-order valence-electron chi connectivity index (χ1n) is 50.1. The fourth-order valence-corrected chi connectivity index (χ4v) is 15.4. The summed E-state index contributed by atoms with van der Waals surface area (Å²) in [6, 6.07) is 7.95. The quantitative estimate of drug-likeness (QED) is 0.0213. The number of carbonyl (C=O) groups excluding carboxylic acids is 10. The maximum absolute atomic E-state index is 12.2. The molecule has 1 aromatic rings. The van der Waals surface area contributed by atoms with Crippen LogP contribution in [0.5, 0.6) is 0 Å². The number of nitrogens with one attached hydrogen (secondary N) is 10. The smallest absolute Gasteiger partial charge is 0.251 e. The van der Waals surface area contributed by atoms with E-state index in [9.17, 15) is 56.4 Å². The van der Waals surface area contributed by atoms with Gasteiger partial charge in [-0.3, -0.25) is 53.3 Å². The lowest BCUT2D eigenvalue weighted by atomic mass is 9.96. The second-order valence-electron chi connectivity index (χ2n) is 39.2. The predicted octanol–water partition coefficient (Wildman–Crippen LogP) is 18.2. The monoisotopic (exact) mass is 1830 g/mol. The number of unbranched alkanes of at least 4 members (excludes halogenated alkanes) is 8. The average Bonchev–Trinajstić information content (AvgIpc) is 0.841. The summed E-state index contributed by atoms with van der Waals surface area (Å²) < 4.78 is 29.1. The van der Waals surface area contributed by atoms with Crippen molar-refractivity contribution in [1.29, 1.82) is 0 Å². The number of aryl methyl sites for hydroxylation is 1. The van der Waals surface area contributed by atoms with Crippen molar-refractivity contribution in [2.24, 2.45) is 47.2 Å². The Morgan fingerprint density at radius 2 is 0.648 bits per heavy atom. The summed E-state index contributed by atoms with van der Waals surface area (Å²) in [6.07, 6.45) is 23.1. The molecular formula is C103H203N11O13S. The number of ether oxygens (including phenoxy) is 1. The third kappa shape index (κ3) is 73.3. The van der Waals surface area contributed by atoms with Crippen LogP contribution in [0.3, 0.4) is 0 Å². The SMILES string of the molecule is CCCC(=O)NCCCCC(NC(C)C)C(=O)C(C)C.CCCCC(N)C(=O)NCCCCC(NC(C)C)C(=O)C(C)C.CCCCC(NC(C)C)C(=O)C(C)C.CCCCCNC(=O)C(NC(C)C)C(=O)C(C)C.CCCC[C@@H](CC(C)C)S(=O)(=O)C(C)C.COCCC(NC(C)C)C(=O)C(C)C.Cc1ccc(C(=O)NCCCCC(NC(C)C)C(=O)C(C)C)cc1. The van der Waals surface area contributed by atoms with Crippen molar-refractivity contribution in [2.45, 2.75) is 485 Å². The number of hydrogen-bond acceptors (Lipinski definition) is 20. The molecule has 0 aliphatic rings. The average molecular weight is 1840 g/mol. The van der Waals surface area contributed by atoms with Crippen LogP contribution in [0.2, 0.25) is 0 Å². The zero-order valence-electron chi connectivity index (χ0n) is 88.5. The van der Waals surface area contributed by atoms with Crippen molar-refractivity contribution in [1.82, 2.24) is 53.2 Å². The van der Waals surface area contributed by atoms with Crippen molar-refractivity contribution in [3.05, 3.63) is 35.4 Å². The maximum atomic E-state index is 12.2. The van der Waals surface area contributed by atoms with E-state index >= 15 is 0 Å². The third-order valence-electron chi connectivity index (χ3n) is 20.8. The molecule has 0 heterocycles. The minimum absolute atomic E-state index is 0.0369. The molecule has 0 aliphatic carbocycles. The van der Waals surface area contributed by atoms with Gasteiger partial charge in [-0.15, -0.1) is 0 Å². The first-order chi connectivity index (χ1) is 59.7. The number of hydrogen-bond donors (Lipinski definition) is 11. The fraction of sp³-hybridized carbons (Fsp3) is 0.845. The first kappa shape index (κ1) is 133. The van der Waals surface area contributed by atoms with Gasteiger partial charge in [0.05, 0.1) is 46.8 Å². The molecule has 1 rings (SSSR count). The Hall–Kier alpha value is -5.25. The number of carbonyl (C=O) groups is 10. The van der Waals surface area contributed by atoms with Crippen molar-refractivity contribution in [3.63, 3.8) is 0 Å². The largest absolute Gasteiger partial charge is 0.385 e. The van der Waals surface area contributed by atoms with Gasteiger partial charge in [0.2, 0.25) is 17.7 Å². The van der Waals surface area contributed by atoms with Crippen molar-refractivity contribution in [3.8, 4) is 0 Å². The van der Waals surface area contributed by atoms with Crippen LogP contribution in [0.15, 0.2) is 24.3 Å². The van der Waals surface area contributed by atoms with Crippen LogP contribution in [0, 0.1) is 48.3 Å². The van der Waals surface area contributed by atoms with Gasteiger partial charge in [-0.05, 0) is 155 Å². The highest BCUT2D eigenvalue weighted by Gasteiger charge is 2.31. The lowest BCUT2D eigenvalue weighted by molar-refractivity contribution is -0.133. The Bertz CT molecular complexity index is 3080. The van der Waals surface area contributed by atoms with Gasteiger partial charge in [-0.1, -0.05) is 270 Å². The Morgan fingerprint density at radius 3 is 0.961 bits per heavy atom. The van der Waals surface area contributed by atoms with E-state index in [1.807, 2.05) is 149 Å². The van der Waals surface area contributed by atoms with Crippen molar-refractivity contribution in [2.75, 3.05) is 39.9 Å². The van der Waals surface area contributed by atoms with E-state index < -0.39 is 21.9 Å². The summed E-state index contributed by atoms with van der Waals surface area (Å²) in [5.74, 6) is 1.94. The van der Waals surface area contributed by atoms with E-state index in [0.29, 0.717) is 86.7 Å². The molecule has 24 nitrogen and oxygen atoms in total. The fourth-order valence-electron chi connectivity index (χ4n) is 13.5. The molecule has 0 aliphatic heterocycles. The van der Waals surface area contributed by atoms with Gasteiger partial charge in [0.25, 0.3) is 5.91 Å². The number of benzene rings is 1. The molecule has 0 bridgehead atoms. The van der Waals surface area contributed by atoms with Gasteiger partial charge >= 0.3 is 0 Å². The van der Waals surface area contributed by atoms with E-state index in [1.54, 1.807) is 21.0 Å². The van der Waals surface area contributed by atoms with Gasteiger partial charge < -0.3 is 58.3 Å². The molecule has 0 saturated heterocycles. The topological polar surface area (TPSA) is 360 Å². The normalized spacial score (nSPS) is 13.4. The summed E-state index contributed by atoms with van der Waals surface area (Å²) in [5.41, 5.74) is 7.66. The van der Waals surface area contributed by atoms with Crippen LogP contribution in [0.4, 0.5) is 0 Å². The number of rotatable bonds is 64. The van der Waals surface area contributed by atoms with Crippen LogP contribution in [0.1, 0.15) is 405 Å². The van der Waals surface area contributed by atoms with Crippen LogP contribution in [-0.4, -0.2) is 196 Å². The highest BCUT2D eigenvalue weighted by Crippen LogP contribution is 2.23. The Morgan fingerprint density at radius 1 is 0.344 bits per heavy atom. The minimum atomic E-state index is -2.91. The molecule has 0 aromatic heterocycles. The molecule has 4 amide bonds. The molecule has 0 saturated carbocycles. The highest BCUT2D eigenvalue weighted by atomic mass is 32.2. The van der Waals surface area contributed by atoms with E-state index in [4.69, 9.17) is 10.5 Å². The molecule has 8 atom stereocenters. The number of amides is 4. The molecule has 0 spiro atoms. The van der Waals surface area contributed by atoms with E-state index in [1.165, 1.54) is 0 Å². The molecule has 25 heteroatoms. The summed E-state index contributed by atoms with van der Waals surface area (Å²) >= 11 is 0. The number of methoxy groups -OCH3 is 1. The second-order valence-corrected chi connectivity index (χ2v) is 42.0. The van der Waals surface area contributed by atoms with Crippen molar-refractivity contribution >= 4 is 68.2 Å². The van der Waals surface area contributed by atoms with Gasteiger partial charge in [0.15, 0.2) is 44.5 Å². The molecule has 128 heavy (non-hydrogen) atoms. The van der Waals surface area contributed by atoms with Gasteiger partial charge in [-0.2, -0.15) is 0 Å². The molecule has 754 valence electrons. The number of ketones is 6. The summed E-state index contributed by atoms with van der Waals surface area (Å²) in [6.45, 7) is 71.1. The van der Waals surface area contributed by atoms with Gasteiger partial charge in [0, 0.05) is 124 Å². The Labute approximate surface area is 785 Å². The van der Waals surface area contributed by atoms with Gasteiger partial charge in [-0.25, -0.2) is 8.42 Å². The lowest BCUT2D eigenvalue weighted by Gasteiger charge is -2.22. The number of Topliss-reactive ketones (excluding diaryl/α,β-unsaturated/α-hetero) is 6. The molecule has 1 aromatic carbocycles. The minimum Gasteiger partial charge on any atom is -0.385 e. The summed E-state index contributed by atoms with van der Waals surface area (Å²) in [7, 11) is -1.25. The summed E-state index contributed by atoms with van der Waals surface area (Å²) in [5, 5.41) is 30.9. The molecule has 0 fully saturated rings. The Balaban J connectivity index is -0.000000342. The highest BCUT2D eigenvalue weighted by molar-refractivity contribution is 7.92. The predicted molar refractivity (Wildman–Crippen MR) is 540 cm³/mol. The van der Waals surface area contributed by atoms with Gasteiger partial charge in [0.1, 0.15) is 6.04 Å².